The molecule has 0 spiro atoms. The first-order chi connectivity index (χ1) is 10.1. The Morgan fingerprint density at radius 1 is 1.10 bits per heavy atom. The van der Waals surface area contributed by atoms with Crippen molar-refractivity contribution >= 4 is 5.97 Å². The molecule has 2 nitrogen and oxygen atoms in total. The molecular formula is C18H21FO2. The van der Waals surface area contributed by atoms with Crippen molar-refractivity contribution in [2.45, 2.75) is 45.1 Å². The fraction of sp³-hybridized carbons (Fsp3) is 0.611. The largest absolute Gasteiger partial charge is 0.460 e. The molecule has 4 bridgehead atoms. The number of carbonyl (C=O) groups excluding carboxylic acids is 1. The number of hydrogen-bond donors (Lipinski definition) is 0. The van der Waals surface area contributed by atoms with Crippen LogP contribution in [-0.2, 0) is 16.1 Å². The van der Waals surface area contributed by atoms with Crippen LogP contribution in [0.3, 0.4) is 0 Å². The molecule has 0 aliphatic heterocycles. The van der Waals surface area contributed by atoms with Gasteiger partial charge in [-0.3, -0.25) is 4.79 Å². The Bertz CT molecular complexity index is 531. The highest BCUT2D eigenvalue weighted by Crippen LogP contribution is 2.60. The van der Waals surface area contributed by atoms with E-state index in [9.17, 15) is 9.18 Å². The van der Waals surface area contributed by atoms with E-state index < -0.39 is 0 Å². The molecule has 112 valence electrons. The molecule has 0 N–H and O–H groups in total. The van der Waals surface area contributed by atoms with Crippen LogP contribution in [0.1, 0.15) is 44.1 Å². The summed E-state index contributed by atoms with van der Waals surface area (Å²) < 4.78 is 19.1. The summed E-state index contributed by atoms with van der Waals surface area (Å²) in [6, 6.07) is 6.52. The van der Waals surface area contributed by atoms with Crippen molar-refractivity contribution < 1.29 is 13.9 Å². The first-order valence-electron chi connectivity index (χ1n) is 8.05. The van der Waals surface area contributed by atoms with E-state index in [1.807, 2.05) is 0 Å². The number of halogens is 1. The van der Waals surface area contributed by atoms with Crippen LogP contribution in [0.25, 0.3) is 0 Å². The summed E-state index contributed by atoms with van der Waals surface area (Å²) in [4.78, 5) is 12.6. The molecule has 0 atom stereocenters. The molecule has 21 heavy (non-hydrogen) atoms. The number of hydrogen-bond acceptors (Lipinski definition) is 2. The molecule has 4 aliphatic carbocycles. The molecule has 0 aromatic heterocycles. The van der Waals surface area contributed by atoms with Gasteiger partial charge in [-0.25, -0.2) is 4.39 Å². The van der Waals surface area contributed by atoms with Gasteiger partial charge in [-0.2, -0.15) is 0 Å². The van der Waals surface area contributed by atoms with E-state index in [1.54, 1.807) is 18.2 Å². The van der Waals surface area contributed by atoms with Crippen LogP contribution in [0.5, 0.6) is 0 Å². The van der Waals surface area contributed by atoms with Gasteiger partial charge >= 0.3 is 5.97 Å². The van der Waals surface area contributed by atoms with E-state index in [0.29, 0.717) is 5.56 Å². The molecule has 4 aliphatic rings. The summed E-state index contributed by atoms with van der Waals surface area (Å²) in [5.41, 5.74) is 0.218. The van der Waals surface area contributed by atoms with Gasteiger partial charge < -0.3 is 4.74 Å². The van der Waals surface area contributed by atoms with Crippen LogP contribution in [0.4, 0.5) is 4.39 Å². The number of esters is 1. The fourth-order valence-corrected chi connectivity index (χ4v) is 5.27. The Kier molecular flexibility index (Phi) is 3.05. The summed E-state index contributed by atoms with van der Waals surface area (Å²) in [5.74, 6) is 1.78. The minimum absolute atomic E-state index is 0.0628. The zero-order valence-electron chi connectivity index (χ0n) is 12.2. The van der Waals surface area contributed by atoms with Crippen molar-refractivity contribution in [3.8, 4) is 0 Å². The summed E-state index contributed by atoms with van der Waals surface area (Å²) >= 11 is 0. The van der Waals surface area contributed by atoms with Crippen molar-refractivity contribution in [2.24, 2.45) is 23.2 Å². The number of ether oxygens (including phenoxy) is 1. The van der Waals surface area contributed by atoms with Gasteiger partial charge in [0.15, 0.2) is 0 Å². The number of carbonyl (C=O) groups is 1. The van der Waals surface area contributed by atoms with Crippen molar-refractivity contribution in [1.82, 2.24) is 0 Å². The normalized spacial score (nSPS) is 36.7. The highest BCUT2D eigenvalue weighted by Gasteiger charge is 2.55. The zero-order chi connectivity index (χ0) is 14.4. The smallest absolute Gasteiger partial charge is 0.312 e. The standard InChI is InChI=1S/C18H21FO2/c19-16-4-2-1-3-15(16)11-21-17(20)18-8-12-5-13(9-18)7-14(6-12)10-18/h1-4,12-14H,5-11H2. The van der Waals surface area contributed by atoms with Gasteiger partial charge in [-0.15, -0.1) is 0 Å². The lowest BCUT2D eigenvalue weighted by Crippen LogP contribution is -2.50. The first-order valence-corrected chi connectivity index (χ1v) is 8.05. The second kappa shape index (κ2) is 4.82. The van der Waals surface area contributed by atoms with Gasteiger partial charge in [0.2, 0.25) is 0 Å². The molecule has 0 unspecified atom stereocenters. The lowest BCUT2D eigenvalue weighted by atomic mass is 9.49. The summed E-state index contributed by atoms with van der Waals surface area (Å²) in [6.07, 6.45) is 6.90. The maximum Gasteiger partial charge on any atom is 0.312 e. The molecule has 4 saturated carbocycles. The van der Waals surface area contributed by atoms with E-state index in [4.69, 9.17) is 4.74 Å². The molecule has 1 aromatic carbocycles. The van der Waals surface area contributed by atoms with E-state index in [2.05, 4.69) is 0 Å². The average Bonchev–Trinajstić information content (AvgIpc) is 2.44. The predicted octanol–water partition coefficient (Wildman–Crippen LogP) is 4.09. The van der Waals surface area contributed by atoms with Crippen molar-refractivity contribution in [1.29, 1.82) is 0 Å². The van der Waals surface area contributed by atoms with Gasteiger partial charge in [0.05, 0.1) is 5.41 Å². The van der Waals surface area contributed by atoms with Crippen molar-refractivity contribution in [2.75, 3.05) is 0 Å². The highest BCUT2D eigenvalue weighted by atomic mass is 19.1. The maximum atomic E-state index is 13.6. The summed E-state index contributed by atoms with van der Waals surface area (Å²) in [6.45, 7) is 0.0628. The summed E-state index contributed by atoms with van der Waals surface area (Å²) in [7, 11) is 0. The molecule has 0 amide bonds. The molecule has 3 heteroatoms. The highest BCUT2D eigenvalue weighted by molar-refractivity contribution is 5.77. The minimum Gasteiger partial charge on any atom is -0.460 e. The van der Waals surface area contributed by atoms with Crippen LogP contribution in [-0.4, -0.2) is 5.97 Å². The lowest BCUT2D eigenvalue weighted by molar-refractivity contribution is -0.173. The molecule has 1 aromatic rings. The maximum absolute atomic E-state index is 13.6. The third-order valence-corrected chi connectivity index (χ3v) is 5.79. The minimum atomic E-state index is -0.296. The van der Waals surface area contributed by atoms with Crippen LogP contribution < -0.4 is 0 Å². The molecular weight excluding hydrogens is 267 g/mol. The van der Waals surface area contributed by atoms with Gasteiger partial charge in [0, 0.05) is 5.56 Å². The van der Waals surface area contributed by atoms with Crippen LogP contribution in [0.2, 0.25) is 0 Å². The lowest BCUT2D eigenvalue weighted by Gasteiger charge is -2.55. The summed E-state index contributed by atoms with van der Waals surface area (Å²) in [5, 5.41) is 0. The Morgan fingerprint density at radius 2 is 1.67 bits per heavy atom. The molecule has 5 rings (SSSR count). The van der Waals surface area contributed by atoms with Crippen LogP contribution in [0.15, 0.2) is 24.3 Å². The average molecular weight is 288 g/mol. The van der Waals surface area contributed by atoms with E-state index >= 15 is 0 Å². The second-order valence-electron chi connectivity index (χ2n) is 7.37. The Hall–Kier alpha value is -1.38. The SMILES string of the molecule is O=C(OCc1ccccc1F)C12CC3CC(CC(C3)C1)C2. The fourth-order valence-electron chi connectivity index (χ4n) is 5.27. The zero-order valence-corrected chi connectivity index (χ0v) is 12.2. The van der Waals surface area contributed by atoms with Gasteiger partial charge in [0.25, 0.3) is 0 Å². The Labute approximate surface area is 124 Å². The Balaban J connectivity index is 1.47. The molecule has 4 fully saturated rings. The predicted molar refractivity (Wildman–Crippen MR) is 76.8 cm³/mol. The molecule has 0 saturated heterocycles. The number of benzene rings is 1. The molecule has 0 heterocycles. The van der Waals surface area contributed by atoms with Crippen LogP contribution in [0, 0.1) is 29.0 Å². The van der Waals surface area contributed by atoms with E-state index in [-0.39, 0.29) is 23.8 Å². The monoisotopic (exact) mass is 288 g/mol. The quantitative estimate of drug-likeness (QED) is 0.783. The van der Waals surface area contributed by atoms with Crippen molar-refractivity contribution in [3.05, 3.63) is 35.6 Å². The van der Waals surface area contributed by atoms with Gasteiger partial charge in [-0.05, 0) is 62.3 Å². The van der Waals surface area contributed by atoms with Gasteiger partial charge in [-0.1, -0.05) is 18.2 Å². The third-order valence-electron chi connectivity index (χ3n) is 5.79. The van der Waals surface area contributed by atoms with E-state index in [0.717, 1.165) is 37.0 Å². The second-order valence-corrected chi connectivity index (χ2v) is 7.37. The first kappa shape index (κ1) is 13.3. The topological polar surface area (TPSA) is 26.3 Å². The van der Waals surface area contributed by atoms with Crippen molar-refractivity contribution in [3.63, 3.8) is 0 Å². The number of rotatable bonds is 3. The van der Waals surface area contributed by atoms with E-state index in [1.165, 1.54) is 25.3 Å². The van der Waals surface area contributed by atoms with Crippen LogP contribution >= 0.6 is 0 Å². The molecule has 0 radical (unpaired) electrons. The van der Waals surface area contributed by atoms with Gasteiger partial charge in [0.1, 0.15) is 12.4 Å². The third kappa shape index (κ3) is 2.27. The Morgan fingerprint density at radius 3 is 2.24 bits per heavy atom.